The third kappa shape index (κ3) is 7.18. The standard InChI is InChI=1S/C22H28N6O6S2/c1-27-10-9-17(25-27)14-34-26-20(21(29)24-22-23-13-18(35-22)15-33-4)16-5-7-19(8-6-16)36(30,31)28(2)11-12-32-3/h5-10,13H,11-12,14-15H2,1-4H3,(H,23,24,29)/b26-20+. The first kappa shape index (κ1) is 27.4. The van der Waals surface area contributed by atoms with Crippen LogP contribution in [0.15, 0.2) is 52.8 Å². The van der Waals surface area contributed by atoms with Crippen molar-refractivity contribution in [2.24, 2.45) is 12.2 Å². The molecule has 2 aromatic heterocycles. The lowest BCUT2D eigenvalue weighted by Gasteiger charge is -2.17. The van der Waals surface area contributed by atoms with Crippen molar-refractivity contribution in [3.05, 3.63) is 58.9 Å². The fraction of sp³-hybridized carbons (Fsp3) is 0.364. The normalized spacial score (nSPS) is 12.2. The number of benzene rings is 1. The summed E-state index contributed by atoms with van der Waals surface area (Å²) in [5.74, 6) is -0.567. The SMILES string of the molecule is COCCN(C)S(=O)(=O)c1ccc(/C(=N\OCc2ccn(C)n2)C(=O)Nc2ncc(COC)s2)cc1. The molecular weight excluding hydrogens is 508 g/mol. The van der Waals surface area contributed by atoms with Crippen LogP contribution in [0.25, 0.3) is 0 Å². The minimum absolute atomic E-state index is 0.0453. The zero-order valence-electron chi connectivity index (χ0n) is 20.4. The van der Waals surface area contributed by atoms with E-state index in [0.29, 0.717) is 23.0 Å². The number of amides is 1. The third-order valence-electron chi connectivity index (χ3n) is 4.86. The molecule has 1 aromatic carbocycles. The molecule has 3 rings (SSSR count). The Kier molecular flexibility index (Phi) is 9.66. The first-order chi connectivity index (χ1) is 17.2. The summed E-state index contributed by atoms with van der Waals surface area (Å²) in [5.41, 5.74) is 0.942. The number of thiazole rings is 1. The number of sulfonamides is 1. The number of aryl methyl sites for hydroxylation is 1. The van der Waals surface area contributed by atoms with Crippen LogP contribution >= 0.6 is 11.3 Å². The summed E-state index contributed by atoms with van der Waals surface area (Å²) in [6, 6.07) is 7.59. The summed E-state index contributed by atoms with van der Waals surface area (Å²) in [5, 5.41) is 11.3. The second kappa shape index (κ2) is 12.7. The van der Waals surface area contributed by atoms with E-state index < -0.39 is 15.9 Å². The van der Waals surface area contributed by atoms with E-state index in [-0.39, 0.29) is 30.4 Å². The van der Waals surface area contributed by atoms with Gasteiger partial charge in [-0.15, -0.1) is 0 Å². The van der Waals surface area contributed by atoms with Crippen LogP contribution in [0, 0.1) is 0 Å². The van der Waals surface area contributed by atoms with Crippen molar-refractivity contribution in [2.75, 3.05) is 39.7 Å². The molecule has 2 heterocycles. The summed E-state index contributed by atoms with van der Waals surface area (Å²) >= 11 is 1.27. The topological polar surface area (TPSA) is 137 Å². The lowest BCUT2D eigenvalue weighted by atomic mass is 10.1. The number of carbonyl (C=O) groups is 1. The molecule has 12 nitrogen and oxygen atoms in total. The summed E-state index contributed by atoms with van der Waals surface area (Å²) in [4.78, 5) is 23.6. The number of nitrogens with zero attached hydrogens (tertiary/aromatic N) is 5. The van der Waals surface area contributed by atoms with Crippen molar-refractivity contribution in [3.63, 3.8) is 0 Å². The molecule has 0 bridgehead atoms. The molecule has 0 aliphatic rings. The second-order valence-corrected chi connectivity index (χ2v) is 10.7. The van der Waals surface area contributed by atoms with Gasteiger partial charge in [-0.1, -0.05) is 28.6 Å². The monoisotopic (exact) mass is 536 g/mol. The van der Waals surface area contributed by atoms with Gasteiger partial charge < -0.3 is 14.3 Å². The van der Waals surface area contributed by atoms with Crippen LogP contribution in [0.2, 0.25) is 0 Å². The molecule has 0 radical (unpaired) electrons. The van der Waals surface area contributed by atoms with E-state index in [1.165, 1.54) is 54.1 Å². The highest BCUT2D eigenvalue weighted by atomic mass is 32.2. The van der Waals surface area contributed by atoms with Gasteiger partial charge in [0.1, 0.15) is 5.69 Å². The number of anilines is 1. The highest BCUT2D eigenvalue weighted by Crippen LogP contribution is 2.20. The van der Waals surface area contributed by atoms with E-state index in [1.54, 1.807) is 37.3 Å². The molecular formula is C22H28N6O6S2. The van der Waals surface area contributed by atoms with Crippen LogP contribution in [-0.2, 0) is 49.4 Å². The van der Waals surface area contributed by atoms with E-state index >= 15 is 0 Å². The van der Waals surface area contributed by atoms with Gasteiger partial charge in [0.15, 0.2) is 17.5 Å². The number of oxime groups is 1. The van der Waals surface area contributed by atoms with E-state index in [0.717, 1.165) is 4.88 Å². The van der Waals surface area contributed by atoms with Crippen LogP contribution in [-0.4, -0.2) is 73.5 Å². The highest BCUT2D eigenvalue weighted by molar-refractivity contribution is 7.89. The van der Waals surface area contributed by atoms with Gasteiger partial charge in [0.25, 0.3) is 5.91 Å². The number of methoxy groups -OCH3 is 2. The molecule has 0 saturated carbocycles. The maximum absolute atomic E-state index is 13.1. The molecule has 0 aliphatic heterocycles. The maximum atomic E-state index is 13.1. The molecule has 0 unspecified atom stereocenters. The zero-order chi connectivity index (χ0) is 26.1. The van der Waals surface area contributed by atoms with Gasteiger partial charge in [0, 0.05) is 52.8 Å². The summed E-state index contributed by atoms with van der Waals surface area (Å²) in [6.45, 7) is 0.886. The smallest absolute Gasteiger partial charge is 0.280 e. The van der Waals surface area contributed by atoms with Crippen LogP contribution < -0.4 is 5.32 Å². The van der Waals surface area contributed by atoms with Gasteiger partial charge in [-0.05, 0) is 18.2 Å². The van der Waals surface area contributed by atoms with E-state index in [9.17, 15) is 13.2 Å². The Balaban J connectivity index is 1.83. The minimum Gasteiger partial charge on any atom is -0.389 e. The Bertz CT molecular complexity index is 1290. The average Bonchev–Trinajstić information content (AvgIpc) is 3.48. The van der Waals surface area contributed by atoms with Crippen molar-refractivity contribution >= 4 is 38.1 Å². The molecule has 0 saturated heterocycles. The number of hydrogen-bond acceptors (Lipinski definition) is 10. The predicted octanol–water partition coefficient (Wildman–Crippen LogP) is 1.85. The number of aromatic nitrogens is 3. The maximum Gasteiger partial charge on any atom is 0.280 e. The summed E-state index contributed by atoms with van der Waals surface area (Å²) in [6.07, 6.45) is 3.37. The molecule has 0 fully saturated rings. The van der Waals surface area contributed by atoms with Gasteiger partial charge in [-0.3, -0.25) is 14.8 Å². The predicted molar refractivity (Wildman–Crippen MR) is 134 cm³/mol. The Morgan fingerprint density at radius 3 is 2.56 bits per heavy atom. The first-order valence-electron chi connectivity index (χ1n) is 10.7. The Hall–Kier alpha value is -3.17. The van der Waals surface area contributed by atoms with Crippen molar-refractivity contribution in [1.29, 1.82) is 0 Å². The number of ether oxygens (including phenoxy) is 2. The van der Waals surface area contributed by atoms with Crippen LogP contribution in [0.1, 0.15) is 16.1 Å². The number of likely N-dealkylation sites (N-methyl/N-ethyl adjacent to an activating group) is 1. The van der Waals surface area contributed by atoms with Crippen LogP contribution in [0.5, 0.6) is 0 Å². The Morgan fingerprint density at radius 2 is 1.92 bits per heavy atom. The summed E-state index contributed by atoms with van der Waals surface area (Å²) in [7, 11) is 2.60. The molecule has 36 heavy (non-hydrogen) atoms. The van der Waals surface area contributed by atoms with Gasteiger partial charge in [0.05, 0.1) is 23.0 Å². The highest BCUT2D eigenvalue weighted by Gasteiger charge is 2.22. The third-order valence-corrected chi connectivity index (χ3v) is 7.62. The molecule has 3 aromatic rings. The van der Waals surface area contributed by atoms with Crippen molar-refractivity contribution in [3.8, 4) is 0 Å². The van der Waals surface area contributed by atoms with E-state index in [2.05, 4.69) is 20.6 Å². The quantitative estimate of drug-likeness (QED) is 0.258. The number of rotatable bonds is 13. The average molecular weight is 537 g/mol. The van der Waals surface area contributed by atoms with Gasteiger partial charge in [-0.25, -0.2) is 13.4 Å². The molecule has 0 aliphatic carbocycles. The molecule has 0 spiro atoms. The largest absolute Gasteiger partial charge is 0.389 e. The second-order valence-electron chi connectivity index (χ2n) is 7.56. The fourth-order valence-electron chi connectivity index (χ4n) is 2.96. The molecule has 1 amide bonds. The van der Waals surface area contributed by atoms with Gasteiger partial charge in [-0.2, -0.15) is 9.40 Å². The van der Waals surface area contributed by atoms with Crippen molar-refractivity contribution in [1.82, 2.24) is 19.1 Å². The molecule has 194 valence electrons. The minimum atomic E-state index is -3.72. The lowest BCUT2D eigenvalue weighted by Crippen LogP contribution is -2.30. The summed E-state index contributed by atoms with van der Waals surface area (Å²) < 4.78 is 38.4. The fourth-order valence-corrected chi connectivity index (χ4v) is 4.90. The number of carbonyl (C=O) groups excluding carboxylic acids is 1. The molecule has 0 atom stereocenters. The van der Waals surface area contributed by atoms with E-state index in [4.69, 9.17) is 14.3 Å². The van der Waals surface area contributed by atoms with Crippen LogP contribution in [0.3, 0.4) is 0 Å². The van der Waals surface area contributed by atoms with Gasteiger partial charge >= 0.3 is 0 Å². The van der Waals surface area contributed by atoms with Crippen molar-refractivity contribution in [2.45, 2.75) is 18.1 Å². The van der Waals surface area contributed by atoms with Gasteiger partial charge in [0.2, 0.25) is 10.0 Å². The number of nitrogens with one attached hydrogen (secondary N) is 1. The Morgan fingerprint density at radius 1 is 1.17 bits per heavy atom. The first-order valence-corrected chi connectivity index (χ1v) is 13.0. The van der Waals surface area contributed by atoms with Crippen LogP contribution in [0.4, 0.5) is 5.13 Å². The zero-order valence-corrected chi connectivity index (χ0v) is 22.0. The van der Waals surface area contributed by atoms with E-state index in [1.807, 2.05) is 0 Å². The molecule has 1 N–H and O–H groups in total. The van der Waals surface area contributed by atoms with Crippen molar-refractivity contribution < 1.29 is 27.5 Å². The number of hydrogen-bond donors (Lipinski definition) is 1. The lowest BCUT2D eigenvalue weighted by molar-refractivity contribution is -0.110. The Labute approximate surface area is 213 Å². The molecule has 14 heteroatoms.